The number of likely N-dealkylation sites (N-methyl/N-ethyl adjacent to an activating group) is 1. The Kier molecular flexibility index (Phi) is 3.98. The lowest BCUT2D eigenvalue weighted by atomic mass is 9.61. The Hall–Kier alpha value is -1.06. The summed E-state index contributed by atoms with van der Waals surface area (Å²) in [5, 5.41) is 3.84. The number of fused-ring (bicyclic) bond motifs is 4. The molecule has 1 fully saturated rings. The van der Waals surface area contributed by atoms with Crippen molar-refractivity contribution in [3.8, 4) is 5.75 Å². The fraction of sp³-hybridized carbons (Fsp3) is 0.667. The molecule has 2 bridgehead atoms. The molecule has 1 aliphatic carbocycles. The number of ether oxygens (including phenoxy) is 1. The van der Waals surface area contributed by atoms with Crippen LogP contribution in [0.3, 0.4) is 0 Å². The van der Waals surface area contributed by atoms with Crippen LogP contribution in [-0.4, -0.2) is 44.2 Å². The van der Waals surface area contributed by atoms with E-state index in [-0.39, 0.29) is 5.41 Å². The summed E-state index contributed by atoms with van der Waals surface area (Å²) in [4.78, 5) is 2.54. The van der Waals surface area contributed by atoms with E-state index in [0.29, 0.717) is 12.1 Å². The molecule has 3 heteroatoms. The number of methoxy groups -OCH3 is 1. The van der Waals surface area contributed by atoms with Crippen LogP contribution in [0.2, 0.25) is 0 Å². The molecular formula is C18H28N2O. The van der Waals surface area contributed by atoms with Gasteiger partial charge in [-0.2, -0.15) is 0 Å². The number of nitrogens with one attached hydrogen (secondary N) is 1. The summed E-state index contributed by atoms with van der Waals surface area (Å²) in [7, 11) is 4.04. The van der Waals surface area contributed by atoms with E-state index in [2.05, 4.69) is 49.3 Å². The minimum atomic E-state index is 0.217. The van der Waals surface area contributed by atoms with Gasteiger partial charge < -0.3 is 15.0 Å². The van der Waals surface area contributed by atoms with Gasteiger partial charge in [-0.05, 0) is 62.7 Å². The van der Waals surface area contributed by atoms with Gasteiger partial charge in [0.2, 0.25) is 0 Å². The van der Waals surface area contributed by atoms with E-state index in [1.807, 2.05) is 0 Å². The molecule has 3 atom stereocenters. The largest absolute Gasteiger partial charge is 0.497 e. The van der Waals surface area contributed by atoms with Crippen LogP contribution in [0.1, 0.15) is 37.8 Å². The third-order valence-corrected chi connectivity index (χ3v) is 5.60. The molecule has 1 heterocycles. The minimum Gasteiger partial charge on any atom is -0.497 e. The van der Waals surface area contributed by atoms with E-state index < -0.39 is 0 Å². The zero-order chi connectivity index (χ0) is 15.0. The highest BCUT2D eigenvalue weighted by molar-refractivity contribution is 5.45. The van der Waals surface area contributed by atoms with E-state index in [0.717, 1.165) is 18.7 Å². The maximum atomic E-state index is 5.47. The fourth-order valence-electron chi connectivity index (χ4n) is 4.26. The van der Waals surface area contributed by atoms with Crippen LogP contribution in [0.5, 0.6) is 5.75 Å². The third-order valence-electron chi connectivity index (χ3n) is 5.60. The minimum absolute atomic E-state index is 0.217. The van der Waals surface area contributed by atoms with Gasteiger partial charge in [0, 0.05) is 17.5 Å². The molecular weight excluding hydrogens is 260 g/mol. The van der Waals surface area contributed by atoms with E-state index in [1.165, 1.54) is 30.5 Å². The lowest BCUT2D eigenvalue weighted by Crippen LogP contribution is -2.66. The van der Waals surface area contributed by atoms with Gasteiger partial charge in [-0.25, -0.2) is 0 Å². The predicted octanol–water partition coefficient (Wildman–Crippen LogP) is 2.58. The number of likely N-dealkylation sites (tertiary alicyclic amines) is 1. The molecule has 1 aromatic rings. The van der Waals surface area contributed by atoms with Gasteiger partial charge in [-0.15, -0.1) is 0 Å². The number of nitrogens with zero attached hydrogens (tertiary/aromatic N) is 1. The summed E-state index contributed by atoms with van der Waals surface area (Å²) in [5.41, 5.74) is 3.22. The lowest BCUT2D eigenvalue weighted by molar-refractivity contribution is 0.0661. The van der Waals surface area contributed by atoms with Crippen molar-refractivity contribution in [2.24, 2.45) is 0 Å². The van der Waals surface area contributed by atoms with Gasteiger partial charge in [-0.1, -0.05) is 19.9 Å². The van der Waals surface area contributed by atoms with Gasteiger partial charge >= 0.3 is 0 Å². The molecule has 0 radical (unpaired) electrons. The molecule has 116 valence electrons. The monoisotopic (exact) mass is 288 g/mol. The molecule has 0 unspecified atom stereocenters. The Balaban J connectivity index is 2.04. The Bertz CT molecular complexity index is 516. The fourth-order valence-corrected chi connectivity index (χ4v) is 4.26. The molecule has 0 saturated carbocycles. The third kappa shape index (κ3) is 2.36. The van der Waals surface area contributed by atoms with E-state index in [1.54, 1.807) is 7.11 Å². The zero-order valence-corrected chi connectivity index (χ0v) is 13.8. The van der Waals surface area contributed by atoms with Crippen LogP contribution in [0, 0.1) is 0 Å². The van der Waals surface area contributed by atoms with Crippen molar-refractivity contribution in [2.45, 2.75) is 50.6 Å². The van der Waals surface area contributed by atoms with Crippen LogP contribution in [0.25, 0.3) is 0 Å². The molecule has 2 aliphatic rings. The molecule has 1 N–H and O–H groups in total. The molecule has 1 saturated heterocycles. The van der Waals surface area contributed by atoms with Gasteiger partial charge in [0.05, 0.1) is 7.11 Å². The molecule has 0 spiro atoms. The molecule has 3 nitrogen and oxygen atoms in total. The average molecular weight is 288 g/mol. The average Bonchev–Trinajstić information content (AvgIpc) is 2.50. The second kappa shape index (κ2) is 5.62. The number of hydrogen-bond donors (Lipinski definition) is 1. The van der Waals surface area contributed by atoms with Crippen molar-refractivity contribution in [3.05, 3.63) is 29.3 Å². The topological polar surface area (TPSA) is 24.5 Å². The molecule has 21 heavy (non-hydrogen) atoms. The van der Waals surface area contributed by atoms with Crippen molar-refractivity contribution >= 4 is 0 Å². The van der Waals surface area contributed by atoms with Crippen molar-refractivity contribution in [1.29, 1.82) is 0 Å². The highest BCUT2D eigenvalue weighted by atomic mass is 16.5. The summed E-state index contributed by atoms with van der Waals surface area (Å²) in [6.45, 7) is 6.97. The molecule has 0 amide bonds. The summed E-state index contributed by atoms with van der Waals surface area (Å²) >= 11 is 0. The maximum Gasteiger partial charge on any atom is 0.119 e. The summed E-state index contributed by atoms with van der Waals surface area (Å²) in [6, 6.07) is 7.80. The smallest absolute Gasteiger partial charge is 0.119 e. The SMILES string of the molecule is CCCN[C@H]1[C@H]2Cc3ccc(OC)cc3[C@]1(C)CCN2C. The van der Waals surface area contributed by atoms with Crippen LogP contribution >= 0.6 is 0 Å². The van der Waals surface area contributed by atoms with Crippen LogP contribution in [0.4, 0.5) is 0 Å². The van der Waals surface area contributed by atoms with Crippen molar-refractivity contribution in [1.82, 2.24) is 10.2 Å². The van der Waals surface area contributed by atoms with Gasteiger partial charge in [0.25, 0.3) is 0 Å². The summed E-state index contributed by atoms with van der Waals surface area (Å²) in [6.07, 6.45) is 3.54. The van der Waals surface area contributed by atoms with E-state index in [4.69, 9.17) is 4.74 Å². The molecule has 1 aromatic carbocycles. The van der Waals surface area contributed by atoms with Crippen molar-refractivity contribution in [3.63, 3.8) is 0 Å². The highest BCUT2D eigenvalue weighted by Crippen LogP contribution is 2.45. The first-order valence-electron chi connectivity index (χ1n) is 8.21. The normalized spacial score (nSPS) is 31.8. The van der Waals surface area contributed by atoms with E-state index >= 15 is 0 Å². The van der Waals surface area contributed by atoms with Crippen LogP contribution in [0.15, 0.2) is 18.2 Å². The van der Waals surface area contributed by atoms with Gasteiger partial charge in [-0.3, -0.25) is 0 Å². The zero-order valence-electron chi connectivity index (χ0n) is 13.8. The van der Waals surface area contributed by atoms with Gasteiger partial charge in [0.15, 0.2) is 0 Å². The number of benzene rings is 1. The van der Waals surface area contributed by atoms with Crippen LogP contribution < -0.4 is 10.1 Å². The Morgan fingerprint density at radius 2 is 2.24 bits per heavy atom. The number of hydrogen-bond acceptors (Lipinski definition) is 3. The lowest BCUT2D eigenvalue weighted by Gasteiger charge is -2.55. The van der Waals surface area contributed by atoms with Crippen molar-refractivity contribution < 1.29 is 4.74 Å². The molecule has 0 aromatic heterocycles. The first-order valence-corrected chi connectivity index (χ1v) is 8.21. The quantitative estimate of drug-likeness (QED) is 0.921. The van der Waals surface area contributed by atoms with Crippen molar-refractivity contribution in [2.75, 3.05) is 27.2 Å². The molecule has 1 aliphatic heterocycles. The highest BCUT2D eigenvalue weighted by Gasteiger charge is 2.49. The Morgan fingerprint density at radius 1 is 1.43 bits per heavy atom. The summed E-state index contributed by atoms with van der Waals surface area (Å²) in [5.74, 6) is 0.988. The Morgan fingerprint density at radius 3 is 2.95 bits per heavy atom. The van der Waals surface area contributed by atoms with E-state index in [9.17, 15) is 0 Å². The predicted molar refractivity (Wildman–Crippen MR) is 87.2 cm³/mol. The second-order valence-electron chi connectivity index (χ2n) is 6.87. The second-order valence-corrected chi connectivity index (χ2v) is 6.87. The Labute approximate surface area is 128 Å². The first-order chi connectivity index (χ1) is 10.1. The number of piperidine rings is 1. The van der Waals surface area contributed by atoms with Gasteiger partial charge in [0.1, 0.15) is 5.75 Å². The number of rotatable bonds is 4. The maximum absolute atomic E-state index is 5.47. The van der Waals surface area contributed by atoms with Crippen LogP contribution in [-0.2, 0) is 11.8 Å². The summed E-state index contributed by atoms with van der Waals surface area (Å²) < 4.78 is 5.47. The standard InChI is InChI=1S/C18H28N2O/c1-5-9-19-17-16-11-13-6-7-14(21-4)12-15(13)18(17,2)8-10-20(16)3/h6-7,12,16-17,19H,5,8-11H2,1-4H3/t16-,17+,18+/m1/s1. The molecule has 3 rings (SSSR count). The first kappa shape index (κ1) is 14.9.